The van der Waals surface area contributed by atoms with Crippen molar-refractivity contribution in [2.75, 3.05) is 0 Å². The molecule has 0 aliphatic carbocycles. The maximum Gasteiger partial charge on any atom is 0.141 e. The lowest BCUT2D eigenvalue weighted by Gasteiger charge is -1.97. The van der Waals surface area contributed by atoms with Crippen molar-refractivity contribution in [2.45, 2.75) is 6.54 Å². The molecule has 1 aromatic rings. The van der Waals surface area contributed by atoms with Crippen LogP contribution in [-0.4, -0.2) is 4.98 Å². The molecule has 0 spiro atoms. The maximum absolute atomic E-state index is 12.4. The molecule has 0 amide bonds. The summed E-state index contributed by atoms with van der Waals surface area (Å²) in [7, 11) is 0. The van der Waals surface area contributed by atoms with Crippen molar-refractivity contribution in [1.29, 1.82) is 0 Å². The molecule has 0 aliphatic heterocycles. The van der Waals surface area contributed by atoms with Gasteiger partial charge in [-0.05, 0) is 22.0 Å². The predicted molar refractivity (Wildman–Crippen MR) is 54.3 cm³/mol. The van der Waals surface area contributed by atoms with Gasteiger partial charge in [-0.3, -0.25) is 0 Å². The highest BCUT2D eigenvalue weighted by molar-refractivity contribution is 9.10. The molecular weight excluding hydrogens is 270 g/mol. The summed E-state index contributed by atoms with van der Waals surface area (Å²) < 4.78 is 13.0. The Morgan fingerprint density at radius 1 is 1.50 bits per heavy atom. The second kappa shape index (κ2) is 6.60. The minimum absolute atomic E-state index is 0. The van der Waals surface area contributed by atoms with Crippen LogP contribution in [0.25, 0.3) is 0 Å². The van der Waals surface area contributed by atoms with Gasteiger partial charge in [-0.1, -0.05) is 0 Å². The van der Waals surface area contributed by atoms with Crippen molar-refractivity contribution >= 4 is 40.7 Å². The molecule has 0 radical (unpaired) electrons. The van der Waals surface area contributed by atoms with Gasteiger partial charge in [0.15, 0.2) is 0 Å². The summed E-state index contributed by atoms with van der Waals surface area (Å²) >= 11 is 3.13. The molecule has 1 rings (SSSR count). The van der Waals surface area contributed by atoms with Gasteiger partial charge in [0.25, 0.3) is 0 Å². The van der Waals surface area contributed by atoms with E-state index in [0.717, 1.165) is 6.20 Å². The molecule has 2 nitrogen and oxygen atoms in total. The van der Waals surface area contributed by atoms with Crippen LogP contribution in [0, 0.1) is 5.82 Å². The van der Waals surface area contributed by atoms with E-state index < -0.39 is 0 Å². The van der Waals surface area contributed by atoms with Gasteiger partial charge in [0.2, 0.25) is 0 Å². The van der Waals surface area contributed by atoms with Crippen LogP contribution < -0.4 is 5.73 Å². The second-order valence-electron chi connectivity index (χ2n) is 1.81. The molecule has 1 heterocycles. The standard InChI is InChI=1S/C6H6BrFN2.2ClH/c7-6-4(2-9)1-5(8)3-10-6;;/h1,3H,2,9H2;2*1H. The molecule has 0 saturated carbocycles. The van der Waals surface area contributed by atoms with Crippen LogP contribution in [0.4, 0.5) is 4.39 Å². The Morgan fingerprint density at radius 2 is 2.08 bits per heavy atom. The molecule has 12 heavy (non-hydrogen) atoms. The van der Waals surface area contributed by atoms with E-state index in [9.17, 15) is 4.39 Å². The van der Waals surface area contributed by atoms with E-state index in [1.165, 1.54) is 6.07 Å². The van der Waals surface area contributed by atoms with Crippen molar-refractivity contribution in [3.05, 3.63) is 28.2 Å². The third kappa shape index (κ3) is 3.67. The fourth-order valence-corrected chi connectivity index (χ4v) is 0.986. The molecule has 6 heteroatoms. The summed E-state index contributed by atoms with van der Waals surface area (Å²) in [6, 6.07) is 1.36. The highest BCUT2D eigenvalue weighted by Crippen LogP contribution is 2.12. The van der Waals surface area contributed by atoms with Crippen LogP contribution >= 0.6 is 40.7 Å². The lowest BCUT2D eigenvalue weighted by molar-refractivity contribution is 0.617. The summed E-state index contributed by atoms with van der Waals surface area (Å²) in [5.41, 5.74) is 5.96. The molecule has 1 aromatic heterocycles. The Hall–Kier alpha value is 0.1000. The first-order valence-corrected chi connectivity index (χ1v) is 3.53. The fraction of sp³-hybridized carbons (Fsp3) is 0.167. The molecule has 70 valence electrons. The average Bonchev–Trinajstić information content (AvgIpc) is 1.94. The maximum atomic E-state index is 12.4. The smallest absolute Gasteiger partial charge is 0.141 e. The van der Waals surface area contributed by atoms with Crippen molar-refractivity contribution in [1.82, 2.24) is 4.98 Å². The topological polar surface area (TPSA) is 38.9 Å². The summed E-state index contributed by atoms with van der Waals surface area (Å²) in [5.74, 6) is -0.358. The average molecular weight is 278 g/mol. The molecule has 0 aromatic carbocycles. The van der Waals surface area contributed by atoms with Crippen LogP contribution in [0.3, 0.4) is 0 Å². The Morgan fingerprint density at radius 3 is 2.50 bits per heavy atom. The Kier molecular flexibility index (Phi) is 8.04. The van der Waals surface area contributed by atoms with E-state index in [0.29, 0.717) is 16.7 Å². The van der Waals surface area contributed by atoms with Gasteiger partial charge in [-0.15, -0.1) is 24.8 Å². The number of aromatic nitrogens is 1. The van der Waals surface area contributed by atoms with Crippen LogP contribution in [0.5, 0.6) is 0 Å². The van der Waals surface area contributed by atoms with E-state index in [1.807, 2.05) is 0 Å². The molecular formula is C6H8BrCl2FN2. The molecule has 0 fully saturated rings. The summed E-state index contributed by atoms with van der Waals surface area (Å²) in [6.07, 6.45) is 1.14. The largest absolute Gasteiger partial charge is 0.326 e. The first kappa shape index (κ1) is 14.6. The van der Waals surface area contributed by atoms with E-state index >= 15 is 0 Å². The first-order valence-electron chi connectivity index (χ1n) is 2.74. The van der Waals surface area contributed by atoms with Gasteiger partial charge in [0, 0.05) is 12.1 Å². The zero-order chi connectivity index (χ0) is 7.56. The normalized spacial score (nSPS) is 8.25. The minimum atomic E-state index is -0.358. The van der Waals surface area contributed by atoms with E-state index in [2.05, 4.69) is 20.9 Å². The lowest BCUT2D eigenvalue weighted by Crippen LogP contribution is -1.99. The molecule has 2 N–H and O–H groups in total. The summed E-state index contributed by atoms with van der Waals surface area (Å²) in [4.78, 5) is 3.71. The highest BCUT2D eigenvalue weighted by Gasteiger charge is 1.99. The van der Waals surface area contributed by atoms with Gasteiger partial charge >= 0.3 is 0 Å². The van der Waals surface area contributed by atoms with Gasteiger partial charge in [-0.2, -0.15) is 0 Å². The highest BCUT2D eigenvalue weighted by atomic mass is 79.9. The first-order chi connectivity index (χ1) is 4.74. The monoisotopic (exact) mass is 276 g/mol. The van der Waals surface area contributed by atoms with Crippen LogP contribution in [0.15, 0.2) is 16.9 Å². The SMILES string of the molecule is Cl.Cl.NCc1cc(F)cnc1Br. The Labute approximate surface area is 90.7 Å². The zero-order valence-corrected chi connectivity index (χ0v) is 9.18. The molecule has 0 atom stereocenters. The van der Waals surface area contributed by atoms with Crippen LogP contribution in [0.2, 0.25) is 0 Å². The summed E-state index contributed by atoms with van der Waals surface area (Å²) in [5, 5.41) is 0. The number of hydrogen-bond donors (Lipinski definition) is 1. The molecule has 0 saturated heterocycles. The van der Waals surface area contributed by atoms with Crippen molar-refractivity contribution in [3.8, 4) is 0 Å². The van der Waals surface area contributed by atoms with Crippen molar-refractivity contribution in [3.63, 3.8) is 0 Å². The van der Waals surface area contributed by atoms with Gasteiger partial charge in [0.1, 0.15) is 10.4 Å². The number of nitrogens with two attached hydrogens (primary N) is 1. The van der Waals surface area contributed by atoms with Crippen LogP contribution in [0.1, 0.15) is 5.56 Å². The minimum Gasteiger partial charge on any atom is -0.326 e. The number of nitrogens with zero attached hydrogens (tertiary/aromatic N) is 1. The van der Waals surface area contributed by atoms with Gasteiger partial charge < -0.3 is 5.73 Å². The van der Waals surface area contributed by atoms with E-state index in [-0.39, 0.29) is 30.6 Å². The third-order valence-corrected chi connectivity index (χ3v) is 1.81. The quantitative estimate of drug-likeness (QED) is 0.800. The number of pyridine rings is 1. The van der Waals surface area contributed by atoms with Crippen molar-refractivity contribution < 1.29 is 4.39 Å². The second-order valence-corrected chi connectivity index (χ2v) is 2.56. The van der Waals surface area contributed by atoms with Gasteiger partial charge in [-0.25, -0.2) is 9.37 Å². The molecule has 0 unspecified atom stereocenters. The third-order valence-electron chi connectivity index (χ3n) is 1.10. The number of halogens is 4. The predicted octanol–water partition coefficient (Wildman–Crippen LogP) is 2.29. The Balaban J connectivity index is 0. The van der Waals surface area contributed by atoms with Gasteiger partial charge in [0.05, 0.1) is 6.20 Å². The van der Waals surface area contributed by atoms with E-state index in [1.54, 1.807) is 0 Å². The Bertz CT molecular complexity index is 247. The van der Waals surface area contributed by atoms with E-state index in [4.69, 9.17) is 5.73 Å². The zero-order valence-electron chi connectivity index (χ0n) is 5.96. The lowest BCUT2D eigenvalue weighted by atomic mass is 10.3. The molecule has 0 aliphatic rings. The van der Waals surface area contributed by atoms with Crippen LogP contribution in [-0.2, 0) is 6.54 Å². The fourth-order valence-electron chi connectivity index (χ4n) is 0.608. The molecule has 0 bridgehead atoms. The number of rotatable bonds is 1. The van der Waals surface area contributed by atoms with Crippen molar-refractivity contribution in [2.24, 2.45) is 5.73 Å². The number of hydrogen-bond acceptors (Lipinski definition) is 2. The summed E-state index contributed by atoms with van der Waals surface area (Å²) in [6.45, 7) is 0.297.